The summed E-state index contributed by atoms with van der Waals surface area (Å²) in [6.45, 7) is 5.62. The molecular formula is C20H20F2O2. The van der Waals surface area contributed by atoms with Crippen molar-refractivity contribution in [2.45, 2.75) is 32.6 Å². The number of carbonyl (C=O) groups excluding carboxylic acids is 1. The fraction of sp³-hybridized carbons (Fsp3) is 0.250. The molecule has 4 heteroatoms. The summed E-state index contributed by atoms with van der Waals surface area (Å²) in [5.74, 6) is -3.25. The normalized spacial score (nSPS) is 10.5. The van der Waals surface area contributed by atoms with E-state index in [1.54, 1.807) is 18.2 Å². The molecule has 2 rings (SSSR count). The van der Waals surface area contributed by atoms with Crippen LogP contribution in [0, 0.1) is 11.6 Å². The number of halogens is 2. The van der Waals surface area contributed by atoms with Crippen LogP contribution >= 0.6 is 0 Å². The van der Waals surface area contributed by atoms with E-state index in [-0.39, 0.29) is 5.56 Å². The van der Waals surface area contributed by atoms with Gasteiger partial charge in [0.1, 0.15) is 0 Å². The second-order valence-corrected chi connectivity index (χ2v) is 5.51. The fourth-order valence-electron chi connectivity index (χ4n) is 2.36. The van der Waals surface area contributed by atoms with E-state index in [1.807, 2.05) is 12.1 Å². The molecule has 126 valence electrons. The van der Waals surface area contributed by atoms with Crippen LogP contribution in [0.25, 0.3) is 0 Å². The lowest BCUT2D eigenvalue weighted by atomic mass is 10.1. The smallest absolute Gasteiger partial charge is 0.343 e. The zero-order valence-corrected chi connectivity index (χ0v) is 13.6. The van der Waals surface area contributed by atoms with Gasteiger partial charge < -0.3 is 4.74 Å². The molecule has 0 fully saturated rings. The number of ether oxygens (including phenoxy) is 1. The highest BCUT2D eigenvalue weighted by molar-refractivity contribution is 5.91. The Bertz CT molecular complexity index is 721. The van der Waals surface area contributed by atoms with Crippen molar-refractivity contribution < 1.29 is 18.3 Å². The van der Waals surface area contributed by atoms with Crippen molar-refractivity contribution in [1.82, 2.24) is 0 Å². The highest BCUT2D eigenvalue weighted by atomic mass is 19.2. The van der Waals surface area contributed by atoms with E-state index in [4.69, 9.17) is 4.74 Å². The number of allylic oxidation sites excluding steroid dienone is 1. The number of hydrogen-bond donors (Lipinski definition) is 0. The third-order valence-corrected chi connectivity index (χ3v) is 3.68. The lowest BCUT2D eigenvalue weighted by Crippen LogP contribution is -2.10. The molecule has 2 aromatic carbocycles. The molecule has 0 radical (unpaired) electrons. The largest absolute Gasteiger partial charge is 0.420 e. The first kappa shape index (κ1) is 17.9. The maximum absolute atomic E-state index is 14.1. The highest BCUT2D eigenvalue weighted by Crippen LogP contribution is 2.24. The monoisotopic (exact) mass is 330 g/mol. The highest BCUT2D eigenvalue weighted by Gasteiger charge is 2.17. The zero-order chi connectivity index (χ0) is 17.5. The van der Waals surface area contributed by atoms with E-state index in [9.17, 15) is 13.6 Å². The second kappa shape index (κ2) is 8.39. The average molecular weight is 330 g/mol. The molecule has 0 atom stereocenters. The molecule has 0 bridgehead atoms. The van der Waals surface area contributed by atoms with Gasteiger partial charge in [0.15, 0.2) is 11.6 Å². The molecule has 2 nitrogen and oxygen atoms in total. The van der Waals surface area contributed by atoms with E-state index in [2.05, 4.69) is 13.5 Å². The molecule has 0 aliphatic carbocycles. The standard InChI is InChI=1S/C20H20F2O2/c1-3-5-7-15-12-13-17(19(22)18(15)21)24-20(23)16-10-8-14(6-4-2)9-11-16/h3,8-13H,1,4-7H2,2H3. The second-order valence-electron chi connectivity index (χ2n) is 5.51. The number of carbonyl (C=O) groups is 1. The minimum Gasteiger partial charge on any atom is -0.420 e. The van der Waals surface area contributed by atoms with Crippen molar-refractivity contribution in [3.63, 3.8) is 0 Å². The number of rotatable bonds is 7. The fourth-order valence-corrected chi connectivity index (χ4v) is 2.36. The van der Waals surface area contributed by atoms with Gasteiger partial charge in [0.05, 0.1) is 5.56 Å². The van der Waals surface area contributed by atoms with E-state index < -0.39 is 23.4 Å². The molecule has 0 amide bonds. The van der Waals surface area contributed by atoms with Gasteiger partial charge in [0.25, 0.3) is 0 Å². The number of esters is 1. The molecule has 24 heavy (non-hydrogen) atoms. The molecule has 0 saturated heterocycles. The summed E-state index contributed by atoms with van der Waals surface area (Å²) in [6.07, 6.45) is 4.44. The molecule has 0 aliphatic heterocycles. The summed E-state index contributed by atoms with van der Waals surface area (Å²) in [7, 11) is 0. The maximum atomic E-state index is 14.1. The van der Waals surface area contributed by atoms with Gasteiger partial charge in [-0.3, -0.25) is 0 Å². The van der Waals surface area contributed by atoms with Crippen molar-refractivity contribution in [1.29, 1.82) is 0 Å². The van der Waals surface area contributed by atoms with E-state index >= 15 is 0 Å². The van der Waals surface area contributed by atoms with Gasteiger partial charge in [0.2, 0.25) is 5.82 Å². The van der Waals surface area contributed by atoms with Crippen molar-refractivity contribution in [2.24, 2.45) is 0 Å². The summed E-state index contributed by atoms with van der Waals surface area (Å²) in [5.41, 5.74) is 1.64. The summed E-state index contributed by atoms with van der Waals surface area (Å²) in [4.78, 5) is 12.1. The Labute approximate surface area is 140 Å². The van der Waals surface area contributed by atoms with Gasteiger partial charge in [-0.25, -0.2) is 9.18 Å². The predicted molar refractivity (Wildman–Crippen MR) is 90.3 cm³/mol. The van der Waals surface area contributed by atoms with Crippen molar-refractivity contribution in [3.05, 3.63) is 77.4 Å². The minimum atomic E-state index is -1.15. The first-order valence-electron chi connectivity index (χ1n) is 7.95. The van der Waals surface area contributed by atoms with Gasteiger partial charge in [-0.2, -0.15) is 4.39 Å². The third-order valence-electron chi connectivity index (χ3n) is 3.68. The first-order chi connectivity index (χ1) is 11.6. The Balaban J connectivity index is 2.13. The lowest BCUT2D eigenvalue weighted by molar-refractivity contribution is 0.0726. The van der Waals surface area contributed by atoms with Crippen LogP contribution in [-0.4, -0.2) is 5.97 Å². The average Bonchev–Trinajstić information content (AvgIpc) is 2.59. The quantitative estimate of drug-likeness (QED) is 0.393. The Morgan fingerprint density at radius 2 is 1.79 bits per heavy atom. The van der Waals surface area contributed by atoms with Gasteiger partial charge >= 0.3 is 5.97 Å². The Morgan fingerprint density at radius 3 is 2.42 bits per heavy atom. The van der Waals surface area contributed by atoms with Crippen LogP contribution in [0.1, 0.15) is 41.3 Å². The molecule has 0 aromatic heterocycles. The van der Waals surface area contributed by atoms with E-state index in [0.717, 1.165) is 18.4 Å². The van der Waals surface area contributed by atoms with Gasteiger partial charge in [-0.1, -0.05) is 37.6 Å². The van der Waals surface area contributed by atoms with Crippen LogP contribution in [0.5, 0.6) is 5.75 Å². The summed E-state index contributed by atoms with van der Waals surface area (Å²) in [5, 5.41) is 0. The molecule has 0 heterocycles. The third kappa shape index (κ3) is 4.28. The zero-order valence-electron chi connectivity index (χ0n) is 13.6. The molecule has 0 aliphatic rings. The summed E-state index contributed by atoms with van der Waals surface area (Å²) < 4.78 is 33.0. The summed E-state index contributed by atoms with van der Waals surface area (Å²) >= 11 is 0. The van der Waals surface area contributed by atoms with Crippen LogP contribution < -0.4 is 4.74 Å². The molecule has 0 unspecified atom stereocenters. The van der Waals surface area contributed by atoms with Crippen molar-refractivity contribution in [3.8, 4) is 5.75 Å². The van der Waals surface area contributed by atoms with Crippen LogP contribution in [0.3, 0.4) is 0 Å². The molecule has 2 aromatic rings. The molecular weight excluding hydrogens is 310 g/mol. The SMILES string of the molecule is C=CCCc1ccc(OC(=O)c2ccc(CCC)cc2)c(F)c1F. The molecule has 0 N–H and O–H groups in total. The number of hydrogen-bond acceptors (Lipinski definition) is 2. The Kier molecular flexibility index (Phi) is 6.24. The van der Waals surface area contributed by atoms with E-state index in [1.165, 1.54) is 12.1 Å². The number of aryl methyl sites for hydroxylation is 2. The topological polar surface area (TPSA) is 26.3 Å². The van der Waals surface area contributed by atoms with Gasteiger partial charge in [0, 0.05) is 0 Å². The van der Waals surface area contributed by atoms with Crippen molar-refractivity contribution >= 4 is 5.97 Å². The van der Waals surface area contributed by atoms with Crippen LogP contribution in [0.15, 0.2) is 49.1 Å². The van der Waals surface area contributed by atoms with E-state index in [0.29, 0.717) is 18.4 Å². The van der Waals surface area contributed by atoms with Crippen LogP contribution in [0.4, 0.5) is 8.78 Å². The van der Waals surface area contributed by atoms with Crippen molar-refractivity contribution in [2.75, 3.05) is 0 Å². The van der Waals surface area contributed by atoms with Gasteiger partial charge in [-0.05, 0) is 48.6 Å². The van der Waals surface area contributed by atoms with Gasteiger partial charge in [-0.15, -0.1) is 6.58 Å². The van der Waals surface area contributed by atoms with Crippen LogP contribution in [-0.2, 0) is 12.8 Å². The first-order valence-corrected chi connectivity index (χ1v) is 7.95. The molecule has 0 saturated carbocycles. The maximum Gasteiger partial charge on any atom is 0.343 e. The molecule has 0 spiro atoms. The van der Waals surface area contributed by atoms with Crippen LogP contribution in [0.2, 0.25) is 0 Å². The predicted octanol–water partition coefficient (Wildman–Crippen LogP) is 5.26. The Morgan fingerprint density at radius 1 is 1.08 bits per heavy atom. The minimum absolute atomic E-state index is 0.233. The lowest BCUT2D eigenvalue weighted by Gasteiger charge is -2.09. The summed E-state index contributed by atoms with van der Waals surface area (Å²) in [6, 6.07) is 9.61. The Hall–Kier alpha value is -2.49. The number of benzene rings is 2.